The number of nitrogens with zero attached hydrogens (tertiary/aromatic N) is 1. The van der Waals surface area contributed by atoms with Gasteiger partial charge in [-0.25, -0.2) is 4.98 Å². The number of aromatic amines is 1. The molecule has 0 spiro atoms. The third-order valence-corrected chi connectivity index (χ3v) is 4.53. The number of hydrogen-bond donors (Lipinski definition) is 2. The quantitative estimate of drug-likeness (QED) is 0.756. The van der Waals surface area contributed by atoms with Gasteiger partial charge >= 0.3 is 0 Å². The number of halogens is 1. The van der Waals surface area contributed by atoms with Crippen molar-refractivity contribution < 1.29 is 4.74 Å². The summed E-state index contributed by atoms with van der Waals surface area (Å²) in [5.74, 6) is 1.70. The first-order valence-corrected chi connectivity index (χ1v) is 8.42. The number of H-pyrrole nitrogens is 1. The Morgan fingerprint density at radius 3 is 2.92 bits per heavy atom. The second-order valence-corrected chi connectivity index (χ2v) is 6.25. The van der Waals surface area contributed by atoms with Gasteiger partial charge in [0.1, 0.15) is 18.2 Å². The van der Waals surface area contributed by atoms with E-state index in [2.05, 4.69) is 10.3 Å². The minimum atomic E-state index is 0.446. The zero-order chi connectivity index (χ0) is 16.4. The Hall–Kier alpha value is -2.30. The standard InChI is InChI=1S/C19H18ClN3O/c20-16-7-2-1-4-14(16)12-24-15-6-3-5-13(10-15)19-22-17-8-9-21-11-18(17)23-19/h1-7,10,21H,8-9,11-12H2,(H,22,23). The molecule has 0 saturated heterocycles. The van der Waals surface area contributed by atoms with E-state index in [-0.39, 0.29) is 0 Å². The van der Waals surface area contributed by atoms with Crippen LogP contribution in [0, 0.1) is 0 Å². The van der Waals surface area contributed by atoms with E-state index in [1.807, 2.05) is 48.5 Å². The molecule has 4 nitrogen and oxygen atoms in total. The van der Waals surface area contributed by atoms with Crippen LogP contribution in [-0.4, -0.2) is 16.5 Å². The van der Waals surface area contributed by atoms with Crippen molar-refractivity contribution in [1.29, 1.82) is 0 Å². The van der Waals surface area contributed by atoms with E-state index in [0.29, 0.717) is 6.61 Å². The highest BCUT2D eigenvalue weighted by Crippen LogP contribution is 2.25. The van der Waals surface area contributed by atoms with Gasteiger partial charge in [-0.2, -0.15) is 0 Å². The SMILES string of the molecule is Clc1ccccc1COc1cccc(-c2nc3c([nH]2)CNCC3)c1. The molecule has 0 fully saturated rings. The first-order chi connectivity index (χ1) is 11.8. The molecule has 0 amide bonds. The number of nitrogens with one attached hydrogen (secondary N) is 2. The lowest BCUT2D eigenvalue weighted by Gasteiger charge is -2.09. The molecule has 2 aromatic carbocycles. The molecule has 2 heterocycles. The number of benzene rings is 2. The number of ether oxygens (including phenoxy) is 1. The summed E-state index contributed by atoms with van der Waals surface area (Å²) in [6.07, 6.45) is 0.967. The van der Waals surface area contributed by atoms with E-state index in [1.165, 1.54) is 5.69 Å². The van der Waals surface area contributed by atoms with Crippen molar-refractivity contribution in [2.24, 2.45) is 0 Å². The summed E-state index contributed by atoms with van der Waals surface area (Å²) in [5.41, 5.74) is 4.34. The summed E-state index contributed by atoms with van der Waals surface area (Å²) >= 11 is 6.17. The van der Waals surface area contributed by atoms with Gasteiger partial charge in [0.25, 0.3) is 0 Å². The maximum Gasteiger partial charge on any atom is 0.137 e. The Kier molecular flexibility index (Phi) is 4.24. The first kappa shape index (κ1) is 15.2. The number of aromatic nitrogens is 2. The molecular formula is C19H18ClN3O. The number of imidazole rings is 1. The Morgan fingerprint density at radius 2 is 2.04 bits per heavy atom. The van der Waals surface area contributed by atoms with E-state index < -0.39 is 0 Å². The van der Waals surface area contributed by atoms with Crippen LogP contribution >= 0.6 is 11.6 Å². The van der Waals surface area contributed by atoms with Crippen molar-refractivity contribution >= 4 is 11.6 Å². The third kappa shape index (κ3) is 3.16. The van der Waals surface area contributed by atoms with Crippen molar-refractivity contribution in [2.75, 3.05) is 6.54 Å². The van der Waals surface area contributed by atoms with Gasteiger partial charge in [0.05, 0.1) is 11.4 Å². The zero-order valence-corrected chi connectivity index (χ0v) is 13.9. The van der Waals surface area contributed by atoms with Crippen LogP contribution in [0.15, 0.2) is 48.5 Å². The highest BCUT2D eigenvalue weighted by atomic mass is 35.5. The maximum absolute atomic E-state index is 6.17. The van der Waals surface area contributed by atoms with Crippen LogP contribution in [0.4, 0.5) is 0 Å². The first-order valence-electron chi connectivity index (χ1n) is 8.05. The van der Waals surface area contributed by atoms with E-state index >= 15 is 0 Å². The molecule has 0 bridgehead atoms. The number of hydrogen-bond acceptors (Lipinski definition) is 3. The minimum Gasteiger partial charge on any atom is -0.489 e. The summed E-state index contributed by atoms with van der Waals surface area (Å²) in [5, 5.41) is 4.07. The van der Waals surface area contributed by atoms with Crippen LogP contribution in [0.2, 0.25) is 5.02 Å². The summed E-state index contributed by atoms with van der Waals surface area (Å²) in [6, 6.07) is 15.7. The average molecular weight is 340 g/mol. The van der Waals surface area contributed by atoms with Crippen LogP contribution in [0.25, 0.3) is 11.4 Å². The Balaban J connectivity index is 1.53. The van der Waals surface area contributed by atoms with Gasteiger partial charge in [-0.05, 0) is 18.2 Å². The fraction of sp³-hybridized carbons (Fsp3) is 0.211. The van der Waals surface area contributed by atoms with Crippen molar-refractivity contribution in [1.82, 2.24) is 15.3 Å². The number of rotatable bonds is 4. The average Bonchev–Trinajstić information content (AvgIpc) is 3.06. The summed E-state index contributed by atoms with van der Waals surface area (Å²) in [6.45, 7) is 2.28. The fourth-order valence-electron chi connectivity index (χ4n) is 2.87. The molecule has 0 saturated carbocycles. The molecule has 1 aromatic heterocycles. The van der Waals surface area contributed by atoms with Crippen LogP contribution in [0.5, 0.6) is 5.75 Å². The zero-order valence-electron chi connectivity index (χ0n) is 13.2. The molecule has 24 heavy (non-hydrogen) atoms. The van der Waals surface area contributed by atoms with Gasteiger partial charge in [0.15, 0.2) is 0 Å². The molecule has 0 aliphatic carbocycles. The molecule has 1 aliphatic heterocycles. The molecule has 0 atom stereocenters. The van der Waals surface area contributed by atoms with Gasteiger partial charge in [0.2, 0.25) is 0 Å². The fourth-order valence-corrected chi connectivity index (χ4v) is 3.06. The molecule has 5 heteroatoms. The monoisotopic (exact) mass is 339 g/mol. The predicted octanol–water partition coefficient (Wildman–Crippen LogP) is 3.95. The van der Waals surface area contributed by atoms with Crippen molar-refractivity contribution in [2.45, 2.75) is 19.6 Å². The molecular weight excluding hydrogens is 322 g/mol. The van der Waals surface area contributed by atoms with E-state index in [9.17, 15) is 0 Å². The normalized spacial score (nSPS) is 13.5. The van der Waals surface area contributed by atoms with Crippen molar-refractivity contribution in [3.63, 3.8) is 0 Å². The second-order valence-electron chi connectivity index (χ2n) is 5.85. The van der Waals surface area contributed by atoms with E-state index in [0.717, 1.165) is 52.9 Å². The van der Waals surface area contributed by atoms with Crippen molar-refractivity contribution in [3.05, 3.63) is 70.5 Å². The number of fused-ring (bicyclic) bond motifs is 1. The molecule has 0 unspecified atom stereocenters. The van der Waals surface area contributed by atoms with Crippen LogP contribution < -0.4 is 10.1 Å². The van der Waals surface area contributed by atoms with Crippen LogP contribution in [0.1, 0.15) is 17.0 Å². The van der Waals surface area contributed by atoms with Gasteiger partial charge in [-0.15, -0.1) is 0 Å². The Labute approximate surface area is 145 Å². The van der Waals surface area contributed by atoms with Crippen LogP contribution in [0.3, 0.4) is 0 Å². The lowest BCUT2D eigenvalue weighted by atomic mass is 10.2. The van der Waals surface area contributed by atoms with Crippen molar-refractivity contribution in [3.8, 4) is 17.1 Å². The highest BCUT2D eigenvalue weighted by Gasteiger charge is 2.15. The van der Waals surface area contributed by atoms with Crippen LogP contribution in [-0.2, 0) is 19.6 Å². The highest BCUT2D eigenvalue weighted by molar-refractivity contribution is 6.31. The van der Waals surface area contributed by atoms with Gasteiger partial charge < -0.3 is 15.0 Å². The second kappa shape index (κ2) is 6.67. The summed E-state index contributed by atoms with van der Waals surface area (Å²) in [7, 11) is 0. The third-order valence-electron chi connectivity index (χ3n) is 4.16. The maximum atomic E-state index is 6.17. The molecule has 4 rings (SSSR count). The molecule has 3 aromatic rings. The Bertz CT molecular complexity index is 836. The summed E-state index contributed by atoms with van der Waals surface area (Å²) in [4.78, 5) is 8.13. The Morgan fingerprint density at radius 1 is 1.12 bits per heavy atom. The lowest BCUT2D eigenvalue weighted by molar-refractivity contribution is 0.306. The lowest BCUT2D eigenvalue weighted by Crippen LogP contribution is -2.23. The van der Waals surface area contributed by atoms with Gasteiger partial charge in [-0.3, -0.25) is 0 Å². The van der Waals surface area contributed by atoms with Gasteiger partial charge in [0, 0.05) is 35.7 Å². The molecule has 1 aliphatic rings. The van der Waals surface area contributed by atoms with Gasteiger partial charge in [-0.1, -0.05) is 41.9 Å². The molecule has 2 N–H and O–H groups in total. The largest absolute Gasteiger partial charge is 0.489 e. The van der Waals surface area contributed by atoms with E-state index in [1.54, 1.807) is 0 Å². The minimum absolute atomic E-state index is 0.446. The summed E-state index contributed by atoms with van der Waals surface area (Å²) < 4.78 is 5.90. The topological polar surface area (TPSA) is 49.9 Å². The molecule has 122 valence electrons. The molecule has 0 radical (unpaired) electrons. The van der Waals surface area contributed by atoms with E-state index in [4.69, 9.17) is 21.3 Å². The predicted molar refractivity (Wildman–Crippen MR) is 95.2 cm³/mol. The smallest absolute Gasteiger partial charge is 0.137 e.